The Balaban J connectivity index is 0.000000133. The molecule has 6 aliphatic heterocycles. The van der Waals surface area contributed by atoms with Crippen molar-refractivity contribution in [3.63, 3.8) is 0 Å². The first-order valence-electron chi connectivity index (χ1n) is 15.6. The Morgan fingerprint density at radius 3 is 1.96 bits per heavy atom. The van der Waals surface area contributed by atoms with Gasteiger partial charge in [-0.2, -0.15) is 4.37 Å². The van der Waals surface area contributed by atoms with Crippen LogP contribution in [0.25, 0.3) is 0 Å². The highest BCUT2D eigenvalue weighted by Crippen LogP contribution is 2.58. The molecule has 16 heteroatoms. The summed E-state index contributed by atoms with van der Waals surface area (Å²) in [6, 6.07) is 18.1. The lowest BCUT2D eigenvalue weighted by Crippen LogP contribution is -2.42. The molecule has 51 heavy (non-hydrogen) atoms. The zero-order valence-corrected chi connectivity index (χ0v) is 29.0. The van der Waals surface area contributed by atoms with Crippen LogP contribution in [0, 0.1) is 0 Å². The number of anilines is 2. The van der Waals surface area contributed by atoms with E-state index in [9.17, 15) is 9.59 Å². The molecule has 6 aliphatic rings. The fourth-order valence-corrected chi connectivity index (χ4v) is 8.96. The summed E-state index contributed by atoms with van der Waals surface area (Å²) in [6.45, 7) is 0.862. The Hall–Kier alpha value is -4.95. The fraction of sp³-hybridized carbons (Fsp3) is 0.200. The van der Waals surface area contributed by atoms with Crippen molar-refractivity contribution in [2.24, 2.45) is 0 Å². The Morgan fingerprint density at radius 2 is 1.31 bits per heavy atom. The van der Waals surface area contributed by atoms with Crippen molar-refractivity contribution < 1.29 is 38.0 Å². The number of nitrogens with one attached hydrogen (secondary N) is 1. The van der Waals surface area contributed by atoms with Crippen molar-refractivity contribution in [3.8, 4) is 34.5 Å². The maximum atomic E-state index is 13.8. The van der Waals surface area contributed by atoms with E-state index >= 15 is 0 Å². The molecule has 2 amide bonds. The van der Waals surface area contributed by atoms with E-state index in [0.29, 0.717) is 71.6 Å². The third kappa shape index (κ3) is 4.26. The van der Waals surface area contributed by atoms with Crippen LogP contribution in [0.15, 0.2) is 60.7 Å². The first kappa shape index (κ1) is 30.8. The van der Waals surface area contributed by atoms with E-state index in [1.54, 1.807) is 29.2 Å². The maximum Gasteiger partial charge on any atom is 0.246 e. The number of amides is 2. The minimum absolute atomic E-state index is 0.131. The number of aromatic nitrogens is 2. The molecule has 256 valence electrons. The number of ether oxygens (including phenoxy) is 6. The molecule has 12 nitrogen and oxygen atoms in total. The van der Waals surface area contributed by atoms with Gasteiger partial charge in [0.05, 0.1) is 12.2 Å². The molecule has 11 rings (SSSR count). The second kappa shape index (κ2) is 11.0. The maximum absolute atomic E-state index is 13.8. The van der Waals surface area contributed by atoms with Gasteiger partial charge >= 0.3 is 0 Å². The smallest absolute Gasteiger partial charge is 0.246 e. The lowest BCUT2D eigenvalue weighted by Gasteiger charge is -2.23. The average molecular weight is 764 g/mol. The zero-order chi connectivity index (χ0) is 34.6. The lowest BCUT2D eigenvalue weighted by atomic mass is 9.77. The summed E-state index contributed by atoms with van der Waals surface area (Å²) in [6.07, 6.45) is 0. The molecule has 0 aliphatic carbocycles. The highest BCUT2D eigenvalue weighted by Gasteiger charge is 2.59. The molecule has 7 heterocycles. The summed E-state index contributed by atoms with van der Waals surface area (Å²) in [7, 11) is 0. The molecule has 0 radical (unpaired) electrons. The molecule has 1 aromatic heterocycles. The number of hydrogen-bond acceptors (Lipinski definition) is 11. The predicted octanol–water partition coefficient (Wildman–Crippen LogP) is 6.50. The van der Waals surface area contributed by atoms with Gasteiger partial charge in [-0.1, -0.05) is 35.3 Å². The van der Waals surface area contributed by atoms with Gasteiger partial charge in [0.1, 0.15) is 35.5 Å². The highest BCUT2D eigenvalue weighted by atomic mass is 35.5. The summed E-state index contributed by atoms with van der Waals surface area (Å²) in [5.41, 5.74) is 2.40. The van der Waals surface area contributed by atoms with Gasteiger partial charge in [0.15, 0.2) is 28.8 Å². The summed E-state index contributed by atoms with van der Waals surface area (Å²) >= 11 is 20.0. The number of hydrogen-bond donors (Lipinski definition) is 1. The van der Waals surface area contributed by atoms with E-state index < -0.39 is 10.8 Å². The third-order valence-electron chi connectivity index (χ3n) is 9.90. The van der Waals surface area contributed by atoms with Gasteiger partial charge < -0.3 is 38.6 Å². The highest BCUT2D eigenvalue weighted by molar-refractivity contribution is 7.10. The van der Waals surface area contributed by atoms with Crippen LogP contribution in [0.1, 0.15) is 28.1 Å². The van der Waals surface area contributed by atoms with E-state index in [4.69, 9.17) is 63.2 Å². The monoisotopic (exact) mass is 762 g/mol. The number of carbonyl (C=O) groups is 2. The summed E-state index contributed by atoms with van der Waals surface area (Å²) in [5.74, 6) is 3.85. The second-order valence-electron chi connectivity index (χ2n) is 12.4. The SMILES string of the molecule is O=C1N(Cc2nsc(Cl)n2)c2cccc(Cl)c2C12COc1cc3c(cc12)OCO3.O=C1Nc2cccc(Cl)c2C12COc1cc3c(cc12)OCO3. The molecule has 2 unspecified atom stereocenters. The van der Waals surface area contributed by atoms with Gasteiger partial charge in [-0.05, 0) is 59.5 Å². The van der Waals surface area contributed by atoms with Crippen molar-refractivity contribution in [1.29, 1.82) is 0 Å². The van der Waals surface area contributed by atoms with Gasteiger partial charge in [-0.15, -0.1) is 0 Å². The standard InChI is InChI=1S/C19H11Cl2N3O4S.C16H10ClNO4/c20-10-2-1-3-11-16(10)19(17(25)24(11)6-15-22-18(21)29-23-15)7-26-12-5-14-13(4-9(12)19)27-8-28-14;17-9-2-1-3-10-14(9)16(15(19)18-10)6-20-11-5-13-12(4-8(11)16)21-7-22-13/h1-5H,6-8H2;1-5H,6-7H2,(H,18,19). The molecule has 5 aromatic rings. The molecule has 0 fully saturated rings. The van der Waals surface area contributed by atoms with Crippen LogP contribution >= 0.6 is 46.3 Å². The molecule has 2 atom stereocenters. The topological polar surface area (TPSA) is 131 Å². The largest absolute Gasteiger partial charge is 0.491 e. The number of benzene rings is 4. The molecule has 1 N–H and O–H groups in total. The first-order valence-corrected chi connectivity index (χ1v) is 17.5. The van der Waals surface area contributed by atoms with Crippen LogP contribution in [-0.4, -0.2) is 48.0 Å². The normalized spacial score (nSPS) is 21.9. The number of nitrogens with zero attached hydrogens (tertiary/aromatic N) is 3. The molecule has 4 aromatic carbocycles. The van der Waals surface area contributed by atoms with E-state index in [1.165, 1.54) is 0 Å². The van der Waals surface area contributed by atoms with Crippen LogP contribution in [0.3, 0.4) is 0 Å². The van der Waals surface area contributed by atoms with Gasteiger partial charge in [0.2, 0.25) is 29.9 Å². The lowest BCUT2D eigenvalue weighted by molar-refractivity contribution is -0.122. The summed E-state index contributed by atoms with van der Waals surface area (Å²) < 4.78 is 38.1. The number of halogens is 3. The van der Waals surface area contributed by atoms with Crippen molar-refractivity contribution in [1.82, 2.24) is 9.36 Å². The van der Waals surface area contributed by atoms with Crippen LogP contribution in [0.2, 0.25) is 14.5 Å². The third-order valence-corrected chi connectivity index (χ3v) is 11.4. The second-order valence-corrected chi connectivity index (χ2v) is 14.5. The van der Waals surface area contributed by atoms with Crippen LogP contribution in [0.5, 0.6) is 34.5 Å². The molecule has 0 bridgehead atoms. The molecular weight excluding hydrogens is 743 g/mol. The van der Waals surface area contributed by atoms with Gasteiger partial charge in [0.25, 0.3) is 0 Å². The van der Waals surface area contributed by atoms with Gasteiger partial charge in [-0.25, -0.2) is 4.98 Å². The van der Waals surface area contributed by atoms with E-state index in [-0.39, 0.29) is 45.2 Å². The summed E-state index contributed by atoms with van der Waals surface area (Å²) in [4.78, 5) is 32.4. The van der Waals surface area contributed by atoms with Crippen LogP contribution in [-0.2, 0) is 27.0 Å². The Labute approximate surface area is 307 Å². The van der Waals surface area contributed by atoms with Crippen molar-refractivity contribution >= 4 is 69.5 Å². The van der Waals surface area contributed by atoms with Crippen molar-refractivity contribution in [2.75, 3.05) is 37.0 Å². The Morgan fingerprint density at radius 1 is 0.725 bits per heavy atom. The predicted molar refractivity (Wildman–Crippen MR) is 185 cm³/mol. The van der Waals surface area contributed by atoms with Crippen LogP contribution in [0.4, 0.5) is 11.4 Å². The first-order chi connectivity index (χ1) is 24.8. The van der Waals surface area contributed by atoms with Crippen molar-refractivity contribution in [2.45, 2.75) is 17.4 Å². The quantitative estimate of drug-likeness (QED) is 0.213. The summed E-state index contributed by atoms with van der Waals surface area (Å²) in [5, 5.41) is 3.95. The van der Waals surface area contributed by atoms with Crippen molar-refractivity contribution in [3.05, 3.63) is 103 Å². The van der Waals surface area contributed by atoms with Crippen LogP contribution < -0.4 is 38.6 Å². The number of rotatable bonds is 2. The van der Waals surface area contributed by atoms with E-state index in [0.717, 1.165) is 28.3 Å². The Bertz CT molecular complexity index is 2370. The van der Waals surface area contributed by atoms with E-state index in [1.807, 2.05) is 36.4 Å². The van der Waals surface area contributed by atoms with Gasteiger partial charge in [0, 0.05) is 50.1 Å². The molecule has 2 spiro atoms. The Kier molecular flexibility index (Phi) is 6.67. The fourth-order valence-electron chi connectivity index (χ4n) is 7.67. The minimum atomic E-state index is -1.07. The minimum Gasteiger partial charge on any atom is -0.491 e. The molecule has 0 saturated carbocycles. The van der Waals surface area contributed by atoms with E-state index in [2.05, 4.69) is 14.7 Å². The number of fused-ring (bicyclic) bond motifs is 10. The van der Waals surface area contributed by atoms with Gasteiger partial charge in [-0.3, -0.25) is 9.59 Å². The number of carbonyl (C=O) groups excluding carboxylic acids is 2. The molecular formula is C35H21Cl3N4O8S. The molecule has 0 saturated heterocycles. The zero-order valence-electron chi connectivity index (χ0n) is 26.0. The average Bonchev–Trinajstić information content (AvgIpc) is 3.98.